The Balaban J connectivity index is 1.44. The number of piperazine rings is 1. The molecule has 0 unspecified atom stereocenters. The van der Waals surface area contributed by atoms with Crippen LogP contribution in [0.3, 0.4) is 0 Å². The zero-order valence-corrected chi connectivity index (χ0v) is 18.0. The van der Waals surface area contributed by atoms with Gasteiger partial charge in [-0.05, 0) is 30.3 Å². The third-order valence-electron chi connectivity index (χ3n) is 4.47. The summed E-state index contributed by atoms with van der Waals surface area (Å²) >= 11 is 12.0. The molecule has 1 saturated heterocycles. The Morgan fingerprint density at radius 3 is 2.37 bits per heavy atom. The summed E-state index contributed by atoms with van der Waals surface area (Å²) in [5.74, 6) is 1.26. The van der Waals surface area contributed by atoms with E-state index in [4.69, 9.17) is 27.9 Å². The number of pyridine rings is 1. The molecular weight excluding hydrogens is 449 g/mol. The fourth-order valence-corrected chi connectivity index (χ4v) is 4.92. The molecular formula is C19H17Cl2N5O3S. The third kappa shape index (κ3) is 4.65. The van der Waals surface area contributed by atoms with Crippen LogP contribution < -0.4 is 9.64 Å². The average molecular weight is 466 g/mol. The van der Waals surface area contributed by atoms with E-state index in [2.05, 4.69) is 15.0 Å². The second-order valence-electron chi connectivity index (χ2n) is 6.48. The van der Waals surface area contributed by atoms with E-state index in [1.165, 1.54) is 10.5 Å². The molecule has 0 amide bonds. The van der Waals surface area contributed by atoms with Crippen molar-refractivity contribution in [3.8, 4) is 11.6 Å². The van der Waals surface area contributed by atoms with Gasteiger partial charge in [0.2, 0.25) is 21.9 Å². The maximum Gasteiger partial charge on any atom is 0.244 e. The van der Waals surface area contributed by atoms with Gasteiger partial charge in [0.15, 0.2) is 0 Å². The third-order valence-corrected chi connectivity index (χ3v) is 6.79. The van der Waals surface area contributed by atoms with Gasteiger partial charge in [0, 0.05) is 60.9 Å². The van der Waals surface area contributed by atoms with Crippen LogP contribution in [0.5, 0.6) is 11.6 Å². The predicted molar refractivity (Wildman–Crippen MR) is 114 cm³/mol. The van der Waals surface area contributed by atoms with Crippen LogP contribution in [-0.2, 0) is 10.0 Å². The summed E-state index contributed by atoms with van der Waals surface area (Å²) in [6.45, 7) is 1.53. The highest BCUT2D eigenvalue weighted by atomic mass is 35.5. The van der Waals surface area contributed by atoms with Crippen LogP contribution in [0.1, 0.15) is 0 Å². The van der Waals surface area contributed by atoms with E-state index < -0.39 is 10.0 Å². The molecule has 8 nitrogen and oxygen atoms in total. The van der Waals surface area contributed by atoms with Crippen molar-refractivity contribution in [2.24, 2.45) is 0 Å². The van der Waals surface area contributed by atoms with Crippen LogP contribution in [0.25, 0.3) is 0 Å². The standard InChI is InChI=1S/C19H17Cl2N5O3S/c20-14-10-15(21)12-16(11-14)29-18-3-5-23-19(24-18)25-6-8-26(9-7-25)30(27,28)17-2-1-4-22-13-17/h1-5,10-13H,6-9H2. The van der Waals surface area contributed by atoms with Gasteiger partial charge in [-0.25, -0.2) is 13.4 Å². The number of aromatic nitrogens is 3. The number of halogens is 2. The lowest BCUT2D eigenvalue weighted by molar-refractivity contribution is 0.381. The van der Waals surface area contributed by atoms with Crippen LogP contribution in [0.15, 0.2) is 59.9 Å². The molecule has 156 valence electrons. The molecule has 0 spiro atoms. The quantitative estimate of drug-likeness (QED) is 0.569. The highest BCUT2D eigenvalue weighted by molar-refractivity contribution is 7.89. The summed E-state index contributed by atoms with van der Waals surface area (Å²) in [5.41, 5.74) is 0. The molecule has 0 N–H and O–H groups in total. The van der Waals surface area contributed by atoms with Crippen LogP contribution >= 0.6 is 23.2 Å². The van der Waals surface area contributed by atoms with E-state index >= 15 is 0 Å². The van der Waals surface area contributed by atoms with Gasteiger partial charge in [-0.2, -0.15) is 9.29 Å². The number of anilines is 1. The summed E-state index contributed by atoms with van der Waals surface area (Å²) in [5, 5.41) is 0.912. The average Bonchev–Trinajstić information content (AvgIpc) is 2.74. The summed E-state index contributed by atoms with van der Waals surface area (Å²) < 4.78 is 32.7. The number of nitrogens with zero attached hydrogens (tertiary/aromatic N) is 5. The number of rotatable bonds is 5. The van der Waals surface area contributed by atoms with Gasteiger partial charge in [0.1, 0.15) is 10.6 Å². The highest BCUT2D eigenvalue weighted by Gasteiger charge is 2.29. The molecule has 3 aromatic rings. The van der Waals surface area contributed by atoms with Crippen LogP contribution in [0, 0.1) is 0 Å². The molecule has 3 heterocycles. The molecule has 2 aromatic heterocycles. The van der Waals surface area contributed by atoms with Gasteiger partial charge in [-0.15, -0.1) is 0 Å². The molecule has 0 saturated carbocycles. The molecule has 0 bridgehead atoms. The Morgan fingerprint density at radius 2 is 1.70 bits per heavy atom. The zero-order valence-electron chi connectivity index (χ0n) is 15.6. The lowest BCUT2D eigenvalue weighted by atomic mass is 10.3. The first-order valence-electron chi connectivity index (χ1n) is 9.04. The molecule has 1 aliphatic rings. The molecule has 0 aliphatic carbocycles. The minimum absolute atomic E-state index is 0.185. The number of ether oxygens (including phenoxy) is 1. The zero-order chi connectivity index (χ0) is 21.1. The Kier molecular flexibility index (Phi) is 6.05. The topological polar surface area (TPSA) is 88.5 Å². The summed E-state index contributed by atoms with van der Waals surface area (Å²) in [6, 6.07) is 9.66. The van der Waals surface area contributed by atoms with Gasteiger partial charge >= 0.3 is 0 Å². The van der Waals surface area contributed by atoms with Gasteiger partial charge < -0.3 is 9.64 Å². The predicted octanol–water partition coefficient (Wildman–Crippen LogP) is 3.48. The SMILES string of the molecule is O=S(=O)(c1cccnc1)N1CCN(c2nccc(Oc3cc(Cl)cc(Cl)c3)n2)CC1. The van der Waals surface area contributed by atoms with Crippen molar-refractivity contribution in [3.05, 3.63) is 65.0 Å². The number of benzene rings is 1. The van der Waals surface area contributed by atoms with Crippen molar-refractivity contribution in [1.82, 2.24) is 19.3 Å². The lowest BCUT2D eigenvalue weighted by Crippen LogP contribution is -2.49. The molecule has 30 heavy (non-hydrogen) atoms. The van der Waals surface area contributed by atoms with E-state index in [9.17, 15) is 8.42 Å². The van der Waals surface area contributed by atoms with Crippen molar-refractivity contribution < 1.29 is 13.2 Å². The number of sulfonamides is 1. The second kappa shape index (κ2) is 8.73. The number of hydrogen-bond acceptors (Lipinski definition) is 7. The van der Waals surface area contributed by atoms with E-state index in [1.54, 1.807) is 48.8 Å². The fraction of sp³-hybridized carbons (Fsp3) is 0.211. The maximum absolute atomic E-state index is 12.7. The highest BCUT2D eigenvalue weighted by Crippen LogP contribution is 2.28. The van der Waals surface area contributed by atoms with E-state index in [0.29, 0.717) is 53.8 Å². The van der Waals surface area contributed by atoms with Gasteiger partial charge in [0.05, 0.1) is 0 Å². The molecule has 1 fully saturated rings. The molecule has 11 heteroatoms. The molecule has 1 aliphatic heterocycles. The molecule has 1 aromatic carbocycles. The fourth-order valence-electron chi connectivity index (χ4n) is 3.03. The Hall–Kier alpha value is -2.46. The Morgan fingerprint density at radius 1 is 0.967 bits per heavy atom. The van der Waals surface area contributed by atoms with Crippen LogP contribution in [0.2, 0.25) is 10.0 Å². The summed E-state index contributed by atoms with van der Waals surface area (Å²) in [4.78, 5) is 14.7. The van der Waals surface area contributed by atoms with E-state index in [1.807, 2.05) is 4.90 Å². The molecule has 0 radical (unpaired) electrons. The normalized spacial score (nSPS) is 15.2. The van der Waals surface area contributed by atoms with Crippen LogP contribution in [-0.4, -0.2) is 53.9 Å². The lowest BCUT2D eigenvalue weighted by Gasteiger charge is -2.33. The van der Waals surface area contributed by atoms with Crippen molar-refractivity contribution in [2.75, 3.05) is 31.1 Å². The van der Waals surface area contributed by atoms with Crippen molar-refractivity contribution in [2.45, 2.75) is 4.90 Å². The molecule has 4 rings (SSSR count). The first kappa shape index (κ1) is 20.8. The first-order valence-corrected chi connectivity index (χ1v) is 11.2. The molecule has 0 atom stereocenters. The maximum atomic E-state index is 12.7. The minimum atomic E-state index is -3.57. The monoisotopic (exact) mass is 465 g/mol. The van der Waals surface area contributed by atoms with E-state index in [-0.39, 0.29) is 4.90 Å². The largest absolute Gasteiger partial charge is 0.439 e. The van der Waals surface area contributed by atoms with E-state index in [0.717, 1.165) is 0 Å². The van der Waals surface area contributed by atoms with Gasteiger partial charge in [-0.1, -0.05) is 23.2 Å². The summed E-state index contributed by atoms with van der Waals surface area (Å²) in [7, 11) is -3.57. The summed E-state index contributed by atoms with van der Waals surface area (Å²) in [6.07, 6.45) is 4.48. The van der Waals surface area contributed by atoms with Gasteiger partial charge in [0.25, 0.3) is 0 Å². The Labute approximate surface area is 184 Å². The van der Waals surface area contributed by atoms with Crippen LogP contribution in [0.4, 0.5) is 5.95 Å². The van der Waals surface area contributed by atoms with Gasteiger partial charge in [-0.3, -0.25) is 4.98 Å². The van der Waals surface area contributed by atoms with Crippen molar-refractivity contribution in [1.29, 1.82) is 0 Å². The van der Waals surface area contributed by atoms with Crippen molar-refractivity contribution in [3.63, 3.8) is 0 Å². The smallest absolute Gasteiger partial charge is 0.244 e. The number of hydrogen-bond donors (Lipinski definition) is 0. The minimum Gasteiger partial charge on any atom is -0.439 e. The first-order chi connectivity index (χ1) is 14.4. The Bertz CT molecular complexity index is 1120. The second-order valence-corrected chi connectivity index (χ2v) is 9.29. The van der Waals surface area contributed by atoms with Crippen molar-refractivity contribution >= 4 is 39.2 Å².